The summed E-state index contributed by atoms with van der Waals surface area (Å²) in [5.41, 5.74) is 4.81. The topological polar surface area (TPSA) is 50.5 Å². The average molecular weight is 368 g/mol. The highest BCUT2D eigenvalue weighted by Crippen LogP contribution is 2.32. The van der Waals surface area contributed by atoms with E-state index < -0.39 is 0 Å². The zero-order valence-electron chi connectivity index (χ0n) is 15.6. The average Bonchev–Trinajstić information content (AvgIpc) is 3.37. The van der Waals surface area contributed by atoms with Gasteiger partial charge < -0.3 is 14.1 Å². The molecule has 138 valence electrons. The number of aliphatic imine (C=N–C) groups is 1. The number of ether oxygens (including phenoxy) is 1. The molecule has 1 N–H and O–H groups in total. The molecule has 0 bridgehead atoms. The quantitative estimate of drug-likeness (QED) is 0.381. The molecule has 2 heterocycles. The number of rotatable bonds is 6. The van der Waals surface area contributed by atoms with Gasteiger partial charge in [0, 0.05) is 34.7 Å². The van der Waals surface area contributed by atoms with Crippen LogP contribution in [0.3, 0.4) is 0 Å². The van der Waals surface area contributed by atoms with Crippen molar-refractivity contribution in [1.29, 1.82) is 0 Å². The maximum absolute atomic E-state index is 6.02. The Balaban J connectivity index is 1.56. The molecule has 0 aliphatic rings. The third-order valence-corrected chi connectivity index (χ3v) is 4.50. The van der Waals surface area contributed by atoms with Crippen molar-refractivity contribution in [3.8, 4) is 22.6 Å². The first-order chi connectivity index (χ1) is 13.7. The molecule has 0 atom stereocenters. The van der Waals surface area contributed by atoms with Crippen molar-refractivity contribution in [3.05, 3.63) is 97.1 Å². The minimum absolute atomic E-state index is 0.743. The predicted molar refractivity (Wildman–Crippen MR) is 113 cm³/mol. The fraction of sp³-hybridized carbons (Fsp3) is 0.0417. The van der Waals surface area contributed by atoms with E-state index in [2.05, 4.69) is 16.6 Å². The SMILES string of the molecule is C=C(/C=N\c1[nH]cc(-c2ccoc2)c1C)c1ccccc1Oc1ccccc1. The van der Waals surface area contributed by atoms with Crippen molar-refractivity contribution in [1.82, 2.24) is 4.98 Å². The molecule has 28 heavy (non-hydrogen) atoms. The van der Waals surface area contributed by atoms with Crippen LogP contribution in [0.1, 0.15) is 11.1 Å². The molecule has 0 spiro atoms. The molecule has 4 rings (SSSR count). The van der Waals surface area contributed by atoms with Gasteiger partial charge in [-0.25, -0.2) is 4.99 Å². The van der Waals surface area contributed by atoms with E-state index in [4.69, 9.17) is 9.15 Å². The Kier molecular flexibility index (Phi) is 4.93. The van der Waals surface area contributed by atoms with Crippen molar-refractivity contribution in [2.75, 3.05) is 0 Å². The molecule has 0 fully saturated rings. The molecule has 0 amide bonds. The van der Waals surface area contributed by atoms with Crippen molar-refractivity contribution in [2.24, 2.45) is 4.99 Å². The van der Waals surface area contributed by atoms with Gasteiger partial charge in [0.05, 0.1) is 12.5 Å². The Morgan fingerprint density at radius 2 is 1.86 bits per heavy atom. The minimum Gasteiger partial charge on any atom is -0.472 e. The predicted octanol–water partition coefficient (Wildman–Crippen LogP) is 6.79. The smallest absolute Gasteiger partial charge is 0.135 e. The van der Waals surface area contributed by atoms with Gasteiger partial charge in [0.25, 0.3) is 0 Å². The Bertz CT molecular complexity index is 1110. The van der Waals surface area contributed by atoms with Crippen LogP contribution in [-0.2, 0) is 0 Å². The standard InChI is InChI=1S/C24H20N2O2/c1-17(14-25-24-18(2)22(15-26-24)19-12-13-27-16-19)21-10-6-7-11-23(21)28-20-8-4-3-5-9-20/h3-16,26H,1H2,2H3/b25-14-. The van der Waals surface area contributed by atoms with Crippen molar-refractivity contribution in [2.45, 2.75) is 6.92 Å². The number of allylic oxidation sites excluding steroid dienone is 1. The van der Waals surface area contributed by atoms with Gasteiger partial charge in [-0.2, -0.15) is 0 Å². The van der Waals surface area contributed by atoms with E-state index in [1.54, 1.807) is 18.7 Å². The van der Waals surface area contributed by atoms with Crippen LogP contribution in [0, 0.1) is 6.92 Å². The number of furan rings is 1. The van der Waals surface area contributed by atoms with Crippen LogP contribution >= 0.6 is 0 Å². The van der Waals surface area contributed by atoms with Gasteiger partial charge in [0.15, 0.2) is 0 Å². The lowest BCUT2D eigenvalue weighted by atomic mass is 10.1. The van der Waals surface area contributed by atoms with Gasteiger partial charge in [-0.15, -0.1) is 0 Å². The van der Waals surface area contributed by atoms with Crippen molar-refractivity contribution >= 4 is 17.6 Å². The molecule has 4 heteroatoms. The number of aromatic nitrogens is 1. The first kappa shape index (κ1) is 17.6. The van der Waals surface area contributed by atoms with E-state index in [1.165, 1.54) is 0 Å². The molecule has 0 saturated carbocycles. The van der Waals surface area contributed by atoms with Gasteiger partial charge in [-0.1, -0.05) is 43.0 Å². The first-order valence-corrected chi connectivity index (χ1v) is 8.98. The molecule has 2 aromatic carbocycles. The lowest BCUT2D eigenvalue weighted by Gasteiger charge is -2.10. The van der Waals surface area contributed by atoms with Crippen LogP contribution < -0.4 is 4.74 Å². The second-order valence-electron chi connectivity index (χ2n) is 6.38. The summed E-state index contributed by atoms with van der Waals surface area (Å²) >= 11 is 0. The lowest BCUT2D eigenvalue weighted by Crippen LogP contribution is -1.91. The van der Waals surface area contributed by atoms with E-state index in [9.17, 15) is 0 Å². The first-order valence-electron chi connectivity index (χ1n) is 8.98. The number of para-hydroxylation sites is 2. The Hall–Kier alpha value is -3.79. The Morgan fingerprint density at radius 3 is 2.64 bits per heavy atom. The second-order valence-corrected chi connectivity index (χ2v) is 6.38. The minimum atomic E-state index is 0.743. The van der Waals surface area contributed by atoms with E-state index in [0.29, 0.717) is 0 Å². The van der Waals surface area contributed by atoms with Crippen LogP contribution in [0.15, 0.2) is 95.4 Å². The number of aromatic amines is 1. The molecule has 0 radical (unpaired) electrons. The number of nitrogens with one attached hydrogen (secondary N) is 1. The summed E-state index contributed by atoms with van der Waals surface area (Å²) in [6, 6.07) is 19.4. The van der Waals surface area contributed by atoms with Gasteiger partial charge >= 0.3 is 0 Å². The highest BCUT2D eigenvalue weighted by atomic mass is 16.5. The summed E-state index contributed by atoms with van der Waals surface area (Å²) in [5.74, 6) is 2.32. The van der Waals surface area contributed by atoms with Gasteiger partial charge in [0.1, 0.15) is 17.3 Å². The number of hydrogen-bond acceptors (Lipinski definition) is 3. The molecule has 2 aromatic heterocycles. The third kappa shape index (κ3) is 3.67. The Morgan fingerprint density at radius 1 is 1.07 bits per heavy atom. The summed E-state index contributed by atoms with van der Waals surface area (Å²) in [4.78, 5) is 7.81. The van der Waals surface area contributed by atoms with E-state index in [-0.39, 0.29) is 0 Å². The Labute approximate surface area is 163 Å². The molecular weight excluding hydrogens is 348 g/mol. The summed E-state index contributed by atoms with van der Waals surface area (Å²) in [5, 5.41) is 0. The number of hydrogen-bond donors (Lipinski definition) is 1. The fourth-order valence-electron chi connectivity index (χ4n) is 2.98. The summed E-state index contributed by atoms with van der Waals surface area (Å²) < 4.78 is 11.2. The molecule has 0 aliphatic carbocycles. The lowest BCUT2D eigenvalue weighted by molar-refractivity contribution is 0.481. The zero-order chi connectivity index (χ0) is 19.3. The van der Waals surface area contributed by atoms with E-state index in [0.717, 1.165) is 45.1 Å². The number of benzene rings is 2. The van der Waals surface area contributed by atoms with Crippen LogP contribution in [0.2, 0.25) is 0 Å². The maximum Gasteiger partial charge on any atom is 0.135 e. The largest absolute Gasteiger partial charge is 0.472 e. The van der Waals surface area contributed by atoms with Crippen LogP contribution in [0.5, 0.6) is 11.5 Å². The van der Waals surface area contributed by atoms with Crippen LogP contribution in [0.25, 0.3) is 16.7 Å². The number of H-pyrrole nitrogens is 1. The van der Waals surface area contributed by atoms with E-state index >= 15 is 0 Å². The third-order valence-electron chi connectivity index (χ3n) is 4.50. The molecule has 4 nitrogen and oxygen atoms in total. The second kappa shape index (κ2) is 7.84. The molecule has 0 unspecified atom stereocenters. The summed E-state index contributed by atoms with van der Waals surface area (Å²) in [6.45, 7) is 6.20. The molecule has 0 saturated heterocycles. The normalized spacial score (nSPS) is 11.0. The monoisotopic (exact) mass is 368 g/mol. The number of nitrogens with zero attached hydrogens (tertiary/aromatic N) is 1. The van der Waals surface area contributed by atoms with Crippen molar-refractivity contribution in [3.63, 3.8) is 0 Å². The highest BCUT2D eigenvalue weighted by molar-refractivity contribution is 6.10. The summed E-state index contributed by atoms with van der Waals surface area (Å²) in [7, 11) is 0. The maximum atomic E-state index is 6.02. The zero-order valence-corrected chi connectivity index (χ0v) is 15.6. The van der Waals surface area contributed by atoms with Gasteiger partial charge in [-0.3, -0.25) is 0 Å². The van der Waals surface area contributed by atoms with Gasteiger partial charge in [-0.05, 0) is 36.8 Å². The molecular formula is C24H20N2O2. The molecule has 0 aliphatic heterocycles. The van der Waals surface area contributed by atoms with Crippen LogP contribution in [-0.4, -0.2) is 11.2 Å². The van der Waals surface area contributed by atoms with Crippen LogP contribution in [0.4, 0.5) is 5.82 Å². The van der Waals surface area contributed by atoms with E-state index in [1.807, 2.05) is 73.8 Å². The summed E-state index contributed by atoms with van der Waals surface area (Å²) in [6.07, 6.45) is 7.07. The molecule has 4 aromatic rings. The fourth-order valence-corrected chi connectivity index (χ4v) is 2.98. The van der Waals surface area contributed by atoms with Gasteiger partial charge in [0.2, 0.25) is 0 Å². The van der Waals surface area contributed by atoms with Crippen molar-refractivity contribution < 1.29 is 9.15 Å². The highest BCUT2D eigenvalue weighted by Gasteiger charge is 2.10.